The molecule has 3 nitrogen and oxygen atoms in total. The summed E-state index contributed by atoms with van der Waals surface area (Å²) in [6.07, 6.45) is 4.24. The van der Waals surface area contributed by atoms with Gasteiger partial charge < -0.3 is 5.11 Å². The zero-order chi connectivity index (χ0) is 11.5. The molecule has 0 aromatic carbocycles. The van der Waals surface area contributed by atoms with E-state index in [9.17, 15) is 4.79 Å². The standard InChI is InChI=1S/C12H23NO2/c1-12(2,3)13(8-7-11(14)15)9-10-5-4-6-10/h10H,4-9H2,1-3H3,(H,14,15). The smallest absolute Gasteiger partial charge is 0.304 e. The summed E-state index contributed by atoms with van der Waals surface area (Å²) in [6, 6.07) is 0. The number of nitrogens with zero attached hydrogens (tertiary/aromatic N) is 1. The molecule has 15 heavy (non-hydrogen) atoms. The molecule has 0 atom stereocenters. The Balaban J connectivity index is 2.41. The molecule has 0 saturated heterocycles. The van der Waals surface area contributed by atoms with Gasteiger partial charge in [0.2, 0.25) is 0 Å². The van der Waals surface area contributed by atoms with Crippen molar-refractivity contribution < 1.29 is 9.90 Å². The van der Waals surface area contributed by atoms with Crippen LogP contribution >= 0.6 is 0 Å². The van der Waals surface area contributed by atoms with Crippen molar-refractivity contribution in [1.29, 1.82) is 0 Å². The Kier molecular flexibility index (Phi) is 4.14. The molecule has 1 saturated carbocycles. The van der Waals surface area contributed by atoms with E-state index in [-0.39, 0.29) is 12.0 Å². The highest BCUT2D eigenvalue weighted by Gasteiger charge is 2.27. The summed E-state index contributed by atoms with van der Waals surface area (Å²) >= 11 is 0. The van der Waals surface area contributed by atoms with Crippen molar-refractivity contribution in [2.75, 3.05) is 13.1 Å². The Morgan fingerprint density at radius 2 is 2.00 bits per heavy atom. The summed E-state index contributed by atoms with van der Waals surface area (Å²) in [5.74, 6) is 0.107. The molecule has 1 N–H and O–H groups in total. The minimum Gasteiger partial charge on any atom is -0.481 e. The number of aliphatic carboxylic acids is 1. The Labute approximate surface area is 92.5 Å². The largest absolute Gasteiger partial charge is 0.481 e. The van der Waals surface area contributed by atoms with Crippen LogP contribution in [-0.2, 0) is 4.79 Å². The lowest BCUT2D eigenvalue weighted by Crippen LogP contribution is -2.46. The van der Waals surface area contributed by atoms with Crippen molar-refractivity contribution in [3.8, 4) is 0 Å². The van der Waals surface area contributed by atoms with Gasteiger partial charge in [-0.15, -0.1) is 0 Å². The van der Waals surface area contributed by atoms with Gasteiger partial charge in [-0.2, -0.15) is 0 Å². The van der Waals surface area contributed by atoms with Crippen LogP contribution in [0.1, 0.15) is 46.5 Å². The highest BCUT2D eigenvalue weighted by atomic mass is 16.4. The van der Waals surface area contributed by atoms with Crippen molar-refractivity contribution in [3.63, 3.8) is 0 Å². The van der Waals surface area contributed by atoms with E-state index in [2.05, 4.69) is 25.7 Å². The van der Waals surface area contributed by atoms with Gasteiger partial charge in [-0.25, -0.2) is 0 Å². The third-order valence-electron chi connectivity index (χ3n) is 3.25. The van der Waals surface area contributed by atoms with Crippen LogP contribution in [0.5, 0.6) is 0 Å². The quantitative estimate of drug-likeness (QED) is 0.762. The zero-order valence-electron chi connectivity index (χ0n) is 10.1. The number of hydrogen-bond donors (Lipinski definition) is 1. The number of hydrogen-bond acceptors (Lipinski definition) is 2. The van der Waals surface area contributed by atoms with E-state index in [1.54, 1.807) is 0 Å². The second-order valence-corrected chi connectivity index (χ2v) is 5.56. The van der Waals surface area contributed by atoms with Crippen LogP contribution in [0.2, 0.25) is 0 Å². The van der Waals surface area contributed by atoms with Gasteiger partial charge in [0.1, 0.15) is 0 Å². The second kappa shape index (κ2) is 4.97. The van der Waals surface area contributed by atoms with Crippen molar-refractivity contribution in [3.05, 3.63) is 0 Å². The Hall–Kier alpha value is -0.570. The fourth-order valence-electron chi connectivity index (χ4n) is 1.92. The van der Waals surface area contributed by atoms with Crippen LogP contribution in [0, 0.1) is 5.92 Å². The van der Waals surface area contributed by atoms with Crippen molar-refractivity contribution in [1.82, 2.24) is 4.90 Å². The number of carbonyl (C=O) groups is 1. The average molecular weight is 213 g/mol. The van der Waals surface area contributed by atoms with Crippen LogP contribution < -0.4 is 0 Å². The lowest BCUT2D eigenvalue weighted by Gasteiger charge is -2.40. The lowest BCUT2D eigenvalue weighted by atomic mass is 9.84. The minimum absolute atomic E-state index is 0.0883. The summed E-state index contributed by atoms with van der Waals surface area (Å²) in [5.41, 5.74) is 0.0883. The molecule has 88 valence electrons. The predicted octanol–water partition coefficient (Wildman–Crippen LogP) is 2.36. The first kappa shape index (κ1) is 12.5. The van der Waals surface area contributed by atoms with E-state index in [1.807, 2.05) is 0 Å². The van der Waals surface area contributed by atoms with Crippen molar-refractivity contribution in [2.24, 2.45) is 5.92 Å². The van der Waals surface area contributed by atoms with Crippen LogP contribution in [0.4, 0.5) is 0 Å². The molecule has 0 unspecified atom stereocenters. The number of carboxylic acid groups (broad SMARTS) is 1. The van der Waals surface area contributed by atoms with Gasteiger partial charge in [0, 0.05) is 18.6 Å². The van der Waals surface area contributed by atoms with Gasteiger partial charge in [0.15, 0.2) is 0 Å². The van der Waals surface area contributed by atoms with Crippen LogP contribution in [-0.4, -0.2) is 34.6 Å². The van der Waals surface area contributed by atoms with Crippen LogP contribution in [0.15, 0.2) is 0 Å². The highest BCUT2D eigenvalue weighted by Crippen LogP contribution is 2.29. The molecule has 0 heterocycles. The first-order chi connectivity index (χ1) is 6.89. The maximum Gasteiger partial charge on any atom is 0.304 e. The third kappa shape index (κ3) is 4.20. The van der Waals surface area contributed by atoms with Crippen molar-refractivity contribution in [2.45, 2.75) is 52.0 Å². The molecule has 0 aromatic heterocycles. The number of rotatable bonds is 5. The van der Waals surface area contributed by atoms with E-state index < -0.39 is 5.97 Å². The van der Waals surface area contributed by atoms with E-state index >= 15 is 0 Å². The predicted molar refractivity (Wildman–Crippen MR) is 60.9 cm³/mol. The Morgan fingerprint density at radius 3 is 2.33 bits per heavy atom. The molecule has 0 aromatic rings. The van der Waals surface area contributed by atoms with Gasteiger partial charge in [0.25, 0.3) is 0 Å². The maximum atomic E-state index is 10.6. The van der Waals surface area contributed by atoms with Crippen LogP contribution in [0.25, 0.3) is 0 Å². The van der Waals surface area contributed by atoms with Crippen molar-refractivity contribution >= 4 is 5.97 Å². The summed E-state index contributed by atoms with van der Waals surface area (Å²) in [7, 11) is 0. The van der Waals surface area contributed by atoms with Gasteiger partial charge in [-0.1, -0.05) is 6.42 Å². The van der Waals surface area contributed by atoms with E-state index in [4.69, 9.17) is 5.11 Å². The summed E-state index contributed by atoms with van der Waals surface area (Å²) in [6.45, 7) is 8.22. The molecule has 0 bridgehead atoms. The normalized spacial score (nSPS) is 17.9. The molecular formula is C12H23NO2. The maximum absolute atomic E-state index is 10.6. The SMILES string of the molecule is CC(C)(C)N(CCC(=O)O)CC1CCC1. The molecular weight excluding hydrogens is 190 g/mol. The molecule has 1 rings (SSSR count). The first-order valence-electron chi connectivity index (χ1n) is 5.86. The molecule has 0 aliphatic heterocycles. The van der Waals surface area contributed by atoms with Crippen LogP contribution in [0.3, 0.4) is 0 Å². The second-order valence-electron chi connectivity index (χ2n) is 5.56. The summed E-state index contributed by atoms with van der Waals surface area (Å²) in [4.78, 5) is 12.9. The molecule has 3 heteroatoms. The number of carboxylic acids is 1. The van der Waals surface area contributed by atoms with Gasteiger partial charge in [-0.3, -0.25) is 9.69 Å². The third-order valence-corrected chi connectivity index (χ3v) is 3.25. The van der Waals surface area contributed by atoms with E-state index in [0.717, 1.165) is 12.5 Å². The molecule has 0 amide bonds. The minimum atomic E-state index is -0.696. The molecule has 0 radical (unpaired) electrons. The average Bonchev–Trinajstić information content (AvgIpc) is 1.97. The Bertz CT molecular complexity index is 216. The highest BCUT2D eigenvalue weighted by molar-refractivity contribution is 5.66. The monoisotopic (exact) mass is 213 g/mol. The van der Waals surface area contributed by atoms with Gasteiger partial charge in [0.05, 0.1) is 6.42 Å². The van der Waals surface area contributed by atoms with Gasteiger partial charge >= 0.3 is 5.97 Å². The Morgan fingerprint density at radius 1 is 1.40 bits per heavy atom. The molecule has 0 spiro atoms. The fraction of sp³-hybridized carbons (Fsp3) is 0.917. The molecule has 1 fully saturated rings. The zero-order valence-corrected chi connectivity index (χ0v) is 10.1. The van der Waals surface area contributed by atoms with E-state index in [1.165, 1.54) is 19.3 Å². The summed E-state index contributed by atoms with van der Waals surface area (Å²) < 4.78 is 0. The fourth-order valence-corrected chi connectivity index (χ4v) is 1.92. The van der Waals surface area contributed by atoms with E-state index in [0.29, 0.717) is 6.54 Å². The topological polar surface area (TPSA) is 40.5 Å². The van der Waals surface area contributed by atoms with Gasteiger partial charge in [-0.05, 0) is 39.5 Å². The molecule has 1 aliphatic carbocycles. The molecule has 1 aliphatic rings. The summed E-state index contributed by atoms with van der Waals surface area (Å²) in [5, 5.41) is 8.71. The first-order valence-corrected chi connectivity index (χ1v) is 5.86. The lowest BCUT2D eigenvalue weighted by molar-refractivity contribution is -0.137.